The smallest absolute Gasteiger partial charge is 0.0727 e. The predicted molar refractivity (Wildman–Crippen MR) is 88.4 cm³/mol. The van der Waals surface area contributed by atoms with Gasteiger partial charge in [0.2, 0.25) is 0 Å². The van der Waals surface area contributed by atoms with Crippen LogP contribution in [0.4, 0.5) is 5.69 Å². The largest absolute Gasteiger partial charge is 0.380 e. The number of hydrogen-bond donors (Lipinski definition) is 1. The summed E-state index contributed by atoms with van der Waals surface area (Å²) >= 11 is 2.35. The minimum atomic E-state index is 0.0715. The molecule has 1 heterocycles. The topological polar surface area (TPSA) is 29.9 Å². The minimum absolute atomic E-state index is 0.0715. The zero-order valence-electron chi connectivity index (χ0n) is 11.9. The highest BCUT2D eigenvalue weighted by Gasteiger charge is 2.21. The molecule has 1 aromatic carbocycles. The van der Waals surface area contributed by atoms with Crippen molar-refractivity contribution in [1.82, 2.24) is 9.78 Å². The zero-order chi connectivity index (χ0) is 14.0. The molecule has 0 unspecified atom stereocenters. The van der Waals surface area contributed by atoms with E-state index in [1.54, 1.807) is 0 Å². The average Bonchev–Trinajstić information content (AvgIpc) is 2.69. The molecule has 2 rings (SSSR count). The standard InChI is InChI=1S/C15H20IN3/c1-15(2,3)14-11(10-19(4)18-14)9-17-13-8-6-5-7-12(13)16/h5-8,10,17H,9H2,1-4H3. The van der Waals surface area contributed by atoms with Gasteiger partial charge in [0.1, 0.15) is 0 Å². The Labute approximate surface area is 128 Å². The number of nitrogens with one attached hydrogen (secondary N) is 1. The van der Waals surface area contributed by atoms with Crippen LogP contribution in [-0.2, 0) is 19.0 Å². The van der Waals surface area contributed by atoms with Gasteiger partial charge in [-0.3, -0.25) is 4.68 Å². The lowest BCUT2D eigenvalue weighted by atomic mass is 9.89. The highest BCUT2D eigenvalue weighted by atomic mass is 127. The van der Waals surface area contributed by atoms with Gasteiger partial charge in [0.15, 0.2) is 0 Å². The SMILES string of the molecule is Cn1cc(CNc2ccccc2I)c(C(C)(C)C)n1. The van der Waals surface area contributed by atoms with Gasteiger partial charge in [-0.25, -0.2) is 0 Å². The molecule has 1 aromatic heterocycles. The fourth-order valence-corrected chi connectivity index (χ4v) is 2.67. The molecule has 0 aliphatic heterocycles. The van der Waals surface area contributed by atoms with E-state index in [4.69, 9.17) is 0 Å². The first-order valence-corrected chi connectivity index (χ1v) is 7.47. The Morgan fingerprint density at radius 1 is 1.26 bits per heavy atom. The third kappa shape index (κ3) is 3.49. The van der Waals surface area contributed by atoms with Crippen LogP contribution in [0.3, 0.4) is 0 Å². The van der Waals surface area contributed by atoms with E-state index in [-0.39, 0.29) is 5.41 Å². The van der Waals surface area contributed by atoms with E-state index in [0.29, 0.717) is 0 Å². The van der Waals surface area contributed by atoms with E-state index in [9.17, 15) is 0 Å². The van der Waals surface area contributed by atoms with E-state index in [2.05, 4.69) is 84.2 Å². The maximum atomic E-state index is 4.59. The van der Waals surface area contributed by atoms with Crippen molar-refractivity contribution in [2.45, 2.75) is 32.7 Å². The van der Waals surface area contributed by atoms with Crippen molar-refractivity contribution in [2.75, 3.05) is 5.32 Å². The van der Waals surface area contributed by atoms with Gasteiger partial charge in [-0.15, -0.1) is 0 Å². The molecule has 1 N–H and O–H groups in total. The molecule has 0 saturated heterocycles. The summed E-state index contributed by atoms with van der Waals surface area (Å²) in [5.41, 5.74) is 3.66. The Bertz CT molecular complexity index is 567. The monoisotopic (exact) mass is 369 g/mol. The summed E-state index contributed by atoms with van der Waals surface area (Å²) in [7, 11) is 1.98. The van der Waals surface area contributed by atoms with Crippen molar-refractivity contribution >= 4 is 28.3 Å². The van der Waals surface area contributed by atoms with Gasteiger partial charge >= 0.3 is 0 Å². The molecule has 0 aliphatic rings. The quantitative estimate of drug-likeness (QED) is 0.831. The number of benzene rings is 1. The van der Waals surface area contributed by atoms with Crippen molar-refractivity contribution in [3.63, 3.8) is 0 Å². The van der Waals surface area contributed by atoms with Crippen LogP contribution >= 0.6 is 22.6 Å². The Balaban J connectivity index is 2.19. The summed E-state index contributed by atoms with van der Waals surface area (Å²) in [4.78, 5) is 0. The number of aromatic nitrogens is 2. The van der Waals surface area contributed by atoms with Gasteiger partial charge < -0.3 is 5.32 Å². The Hall–Kier alpha value is -1.04. The van der Waals surface area contributed by atoms with Crippen LogP contribution in [0.25, 0.3) is 0 Å². The lowest BCUT2D eigenvalue weighted by molar-refractivity contribution is 0.549. The highest BCUT2D eigenvalue weighted by molar-refractivity contribution is 14.1. The first-order valence-electron chi connectivity index (χ1n) is 6.39. The molecule has 4 heteroatoms. The third-order valence-corrected chi connectivity index (χ3v) is 3.90. The summed E-state index contributed by atoms with van der Waals surface area (Å²) in [6, 6.07) is 8.32. The van der Waals surface area contributed by atoms with E-state index in [0.717, 1.165) is 12.2 Å². The Morgan fingerprint density at radius 3 is 2.58 bits per heavy atom. The van der Waals surface area contributed by atoms with Crippen molar-refractivity contribution in [3.05, 3.63) is 45.3 Å². The minimum Gasteiger partial charge on any atom is -0.380 e. The summed E-state index contributed by atoms with van der Waals surface area (Å²) in [6.45, 7) is 7.40. The number of aryl methyl sites for hydroxylation is 1. The molecule has 0 saturated carbocycles. The van der Waals surface area contributed by atoms with Crippen LogP contribution < -0.4 is 5.32 Å². The second-order valence-corrected chi connectivity index (χ2v) is 6.92. The zero-order valence-corrected chi connectivity index (χ0v) is 14.0. The van der Waals surface area contributed by atoms with Crippen LogP contribution in [0.5, 0.6) is 0 Å². The number of hydrogen-bond acceptors (Lipinski definition) is 2. The van der Waals surface area contributed by atoms with Crippen LogP contribution in [0, 0.1) is 3.57 Å². The molecule has 0 bridgehead atoms. The fraction of sp³-hybridized carbons (Fsp3) is 0.400. The van der Waals surface area contributed by atoms with Crippen LogP contribution in [-0.4, -0.2) is 9.78 Å². The van der Waals surface area contributed by atoms with Crippen molar-refractivity contribution in [3.8, 4) is 0 Å². The second-order valence-electron chi connectivity index (χ2n) is 5.76. The predicted octanol–water partition coefficient (Wildman–Crippen LogP) is 3.93. The molecule has 0 atom stereocenters. The van der Waals surface area contributed by atoms with Gasteiger partial charge in [-0.05, 0) is 34.7 Å². The maximum absolute atomic E-state index is 4.59. The molecule has 0 amide bonds. The molecule has 3 nitrogen and oxygen atoms in total. The lowest BCUT2D eigenvalue weighted by Crippen LogP contribution is -2.16. The molecular weight excluding hydrogens is 349 g/mol. The van der Waals surface area contributed by atoms with Gasteiger partial charge in [0, 0.05) is 40.0 Å². The van der Waals surface area contributed by atoms with Gasteiger partial charge in [0.05, 0.1) is 5.69 Å². The number of para-hydroxylation sites is 1. The summed E-state index contributed by atoms with van der Waals surface area (Å²) in [5.74, 6) is 0. The number of nitrogens with zero attached hydrogens (tertiary/aromatic N) is 2. The van der Waals surface area contributed by atoms with Crippen LogP contribution in [0.2, 0.25) is 0 Å². The van der Waals surface area contributed by atoms with Crippen LogP contribution in [0.1, 0.15) is 32.0 Å². The molecule has 0 aliphatic carbocycles. The molecular formula is C15H20IN3. The highest BCUT2D eigenvalue weighted by Crippen LogP contribution is 2.25. The molecule has 2 aromatic rings. The Kier molecular flexibility index (Phi) is 4.18. The van der Waals surface area contributed by atoms with E-state index >= 15 is 0 Å². The van der Waals surface area contributed by atoms with Gasteiger partial charge in [-0.1, -0.05) is 32.9 Å². The third-order valence-electron chi connectivity index (χ3n) is 2.96. The summed E-state index contributed by atoms with van der Waals surface area (Å²) in [5, 5.41) is 8.09. The molecule has 0 fully saturated rings. The molecule has 19 heavy (non-hydrogen) atoms. The first kappa shape index (κ1) is 14.4. The average molecular weight is 369 g/mol. The van der Waals surface area contributed by atoms with Crippen molar-refractivity contribution in [1.29, 1.82) is 0 Å². The van der Waals surface area contributed by atoms with E-state index in [1.807, 2.05) is 11.7 Å². The normalized spacial score (nSPS) is 11.6. The van der Waals surface area contributed by atoms with Gasteiger partial charge in [-0.2, -0.15) is 5.10 Å². The van der Waals surface area contributed by atoms with Crippen molar-refractivity contribution < 1.29 is 0 Å². The van der Waals surface area contributed by atoms with E-state index < -0.39 is 0 Å². The second kappa shape index (κ2) is 5.53. The Morgan fingerprint density at radius 2 is 1.95 bits per heavy atom. The molecule has 102 valence electrons. The van der Waals surface area contributed by atoms with Gasteiger partial charge in [0.25, 0.3) is 0 Å². The lowest BCUT2D eigenvalue weighted by Gasteiger charge is -2.18. The fourth-order valence-electron chi connectivity index (χ4n) is 2.09. The maximum Gasteiger partial charge on any atom is 0.0727 e. The van der Waals surface area contributed by atoms with E-state index in [1.165, 1.54) is 14.8 Å². The number of anilines is 1. The summed E-state index contributed by atoms with van der Waals surface area (Å²) < 4.78 is 3.13. The number of halogens is 1. The first-order chi connectivity index (χ1) is 8.88. The van der Waals surface area contributed by atoms with Crippen molar-refractivity contribution in [2.24, 2.45) is 7.05 Å². The molecule has 0 spiro atoms. The van der Waals surface area contributed by atoms with Crippen LogP contribution in [0.15, 0.2) is 30.5 Å². The molecule has 0 radical (unpaired) electrons. The number of rotatable bonds is 3. The summed E-state index contributed by atoms with van der Waals surface area (Å²) in [6.07, 6.45) is 2.10.